The molecule has 20 heavy (non-hydrogen) atoms. The van der Waals surface area contributed by atoms with Gasteiger partial charge in [0.05, 0.1) is 12.0 Å². The van der Waals surface area contributed by atoms with Gasteiger partial charge in [0.15, 0.2) is 0 Å². The van der Waals surface area contributed by atoms with E-state index in [2.05, 4.69) is 26.1 Å². The zero-order valence-corrected chi connectivity index (χ0v) is 12.8. The molecule has 116 valence electrons. The third-order valence-corrected chi connectivity index (χ3v) is 3.85. The Morgan fingerprint density at radius 2 is 1.90 bits per heavy atom. The number of amides is 2. The lowest BCUT2D eigenvalue weighted by atomic mass is 9.80. The molecule has 0 bridgehead atoms. The molecule has 1 aliphatic rings. The van der Waals surface area contributed by atoms with Gasteiger partial charge in [-0.05, 0) is 24.7 Å². The maximum Gasteiger partial charge on any atom is 0.317 e. The third kappa shape index (κ3) is 5.00. The molecule has 0 aromatic heterocycles. The number of urea groups is 1. The number of nitrogens with zero attached hydrogens (tertiary/aromatic N) is 1. The highest BCUT2D eigenvalue weighted by Gasteiger charge is 2.34. The van der Waals surface area contributed by atoms with E-state index in [1.807, 2.05) is 0 Å². The minimum absolute atomic E-state index is 0.0607. The van der Waals surface area contributed by atoms with Crippen LogP contribution >= 0.6 is 0 Å². The zero-order chi connectivity index (χ0) is 15.6. The van der Waals surface area contributed by atoms with E-state index in [0.717, 1.165) is 6.42 Å². The van der Waals surface area contributed by atoms with Gasteiger partial charge in [0, 0.05) is 19.6 Å². The SMILES string of the molecule is CC(O)(CNC(=O)N1CCC(C(C)(C)C)C1)CC(=O)O. The fourth-order valence-corrected chi connectivity index (χ4v) is 2.42. The molecule has 0 radical (unpaired) electrons. The van der Waals surface area contributed by atoms with Gasteiger partial charge >= 0.3 is 12.0 Å². The van der Waals surface area contributed by atoms with Gasteiger partial charge in [-0.2, -0.15) is 0 Å². The van der Waals surface area contributed by atoms with Gasteiger partial charge in [0.1, 0.15) is 0 Å². The fraction of sp³-hybridized carbons (Fsp3) is 0.857. The van der Waals surface area contributed by atoms with Gasteiger partial charge in [-0.25, -0.2) is 4.79 Å². The highest BCUT2D eigenvalue weighted by molar-refractivity contribution is 5.75. The van der Waals surface area contributed by atoms with Crippen molar-refractivity contribution in [3.63, 3.8) is 0 Å². The second-order valence-electron chi connectivity index (χ2n) is 7.02. The lowest BCUT2D eigenvalue weighted by Crippen LogP contribution is -2.47. The number of aliphatic carboxylic acids is 1. The average Bonchev–Trinajstić information content (AvgIpc) is 2.72. The number of rotatable bonds is 4. The van der Waals surface area contributed by atoms with Crippen molar-refractivity contribution in [1.29, 1.82) is 0 Å². The first kappa shape index (κ1) is 16.8. The van der Waals surface area contributed by atoms with E-state index in [1.165, 1.54) is 6.92 Å². The van der Waals surface area contributed by atoms with Crippen LogP contribution in [-0.2, 0) is 4.79 Å². The van der Waals surface area contributed by atoms with Gasteiger partial charge < -0.3 is 20.4 Å². The van der Waals surface area contributed by atoms with Crippen LogP contribution < -0.4 is 5.32 Å². The first-order chi connectivity index (χ1) is 9.01. The smallest absolute Gasteiger partial charge is 0.317 e. The summed E-state index contributed by atoms with van der Waals surface area (Å²) in [6, 6.07) is -0.234. The Morgan fingerprint density at radius 1 is 1.30 bits per heavy atom. The van der Waals surface area contributed by atoms with Crippen LogP contribution in [0.3, 0.4) is 0 Å². The van der Waals surface area contributed by atoms with E-state index < -0.39 is 18.0 Å². The Morgan fingerprint density at radius 3 is 2.35 bits per heavy atom. The minimum Gasteiger partial charge on any atom is -0.481 e. The predicted octanol–water partition coefficient (Wildman–Crippen LogP) is 1.29. The van der Waals surface area contributed by atoms with Gasteiger partial charge in [0.25, 0.3) is 0 Å². The molecule has 1 rings (SSSR count). The molecule has 1 fully saturated rings. The summed E-state index contributed by atoms with van der Waals surface area (Å²) in [5, 5.41) is 21.1. The monoisotopic (exact) mass is 286 g/mol. The number of carbonyl (C=O) groups is 2. The quantitative estimate of drug-likeness (QED) is 0.726. The topological polar surface area (TPSA) is 89.9 Å². The summed E-state index contributed by atoms with van der Waals surface area (Å²) in [5.41, 5.74) is -1.26. The summed E-state index contributed by atoms with van der Waals surface area (Å²) in [5.74, 6) is -0.619. The van der Waals surface area contributed by atoms with Gasteiger partial charge in [-0.3, -0.25) is 4.79 Å². The Labute approximate surface area is 120 Å². The van der Waals surface area contributed by atoms with Crippen molar-refractivity contribution in [3.8, 4) is 0 Å². The number of hydrogen-bond acceptors (Lipinski definition) is 3. The van der Waals surface area contributed by atoms with E-state index in [-0.39, 0.29) is 18.0 Å². The molecule has 0 saturated carbocycles. The van der Waals surface area contributed by atoms with Crippen LogP contribution in [0.5, 0.6) is 0 Å². The van der Waals surface area contributed by atoms with E-state index in [4.69, 9.17) is 5.11 Å². The third-order valence-electron chi connectivity index (χ3n) is 3.85. The molecule has 2 amide bonds. The van der Waals surface area contributed by atoms with Crippen LogP contribution in [0.25, 0.3) is 0 Å². The largest absolute Gasteiger partial charge is 0.481 e. The summed E-state index contributed by atoms with van der Waals surface area (Å²) in [6.45, 7) is 9.24. The van der Waals surface area contributed by atoms with Crippen LogP contribution in [0.1, 0.15) is 40.5 Å². The molecule has 2 unspecified atom stereocenters. The van der Waals surface area contributed by atoms with Crippen molar-refractivity contribution in [2.45, 2.75) is 46.1 Å². The lowest BCUT2D eigenvalue weighted by Gasteiger charge is -2.27. The van der Waals surface area contributed by atoms with Gasteiger partial charge in [-0.1, -0.05) is 20.8 Å². The maximum atomic E-state index is 12.0. The van der Waals surface area contributed by atoms with Crippen molar-refractivity contribution in [3.05, 3.63) is 0 Å². The van der Waals surface area contributed by atoms with Crippen molar-refractivity contribution >= 4 is 12.0 Å². The Bertz CT molecular complexity index is 374. The van der Waals surface area contributed by atoms with Crippen molar-refractivity contribution in [2.24, 2.45) is 11.3 Å². The average molecular weight is 286 g/mol. The summed E-state index contributed by atoms with van der Waals surface area (Å²) in [7, 11) is 0. The number of carboxylic acids is 1. The van der Waals surface area contributed by atoms with Gasteiger partial charge in [0.2, 0.25) is 0 Å². The number of carboxylic acid groups (broad SMARTS) is 1. The van der Waals surface area contributed by atoms with Crippen LogP contribution in [0.4, 0.5) is 4.79 Å². The Balaban J connectivity index is 2.43. The molecule has 2 atom stereocenters. The van der Waals surface area contributed by atoms with E-state index >= 15 is 0 Å². The van der Waals surface area contributed by atoms with Crippen molar-refractivity contribution < 1.29 is 19.8 Å². The second kappa shape index (κ2) is 5.99. The first-order valence-electron chi connectivity index (χ1n) is 6.98. The van der Waals surface area contributed by atoms with Crippen LogP contribution in [0.2, 0.25) is 0 Å². The molecular formula is C14H26N2O4. The van der Waals surface area contributed by atoms with Crippen LogP contribution in [0, 0.1) is 11.3 Å². The minimum atomic E-state index is -1.43. The van der Waals surface area contributed by atoms with E-state index in [9.17, 15) is 14.7 Å². The molecule has 3 N–H and O–H groups in total. The Hall–Kier alpha value is -1.30. The standard InChI is InChI=1S/C14H26N2O4/c1-13(2,3)10-5-6-16(8-10)12(19)15-9-14(4,20)7-11(17)18/h10,20H,5-9H2,1-4H3,(H,15,19)(H,17,18). The molecular weight excluding hydrogens is 260 g/mol. The first-order valence-corrected chi connectivity index (χ1v) is 6.98. The van der Waals surface area contributed by atoms with E-state index in [0.29, 0.717) is 19.0 Å². The molecule has 0 aromatic rings. The summed E-state index contributed by atoms with van der Waals surface area (Å²) < 4.78 is 0. The highest BCUT2D eigenvalue weighted by Crippen LogP contribution is 2.33. The lowest BCUT2D eigenvalue weighted by molar-refractivity contribution is -0.141. The number of likely N-dealkylation sites (tertiary alicyclic amines) is 1. The number of aliphatic hydroxyl groups is 1. The Kier molecular flexibility index (Phi) is 5.02. The molecule has 6 nitrogen and oxygen atoms in total. The fourth-order valence-electron chi connectivity index (χ4n) is 2.42. The summed E-state index contributed by atoms with van der Waals surface area (Å²) in [4.78, 5) is 24.3. The molecule has 0 aliphatic carbocycles. The molecule has 0 aromatic carbocycles. The normalized spacial score (nSPS) is 22.4. The predicted molar refractivity (Wildman–Crippen MR) is 75.4 cm³/mol. The summed E-state index contributed by atoms with van der Waals surface area (Å²) >= 11 is 0. The summed E-state index contributed by atoms with van der Waals surface area (Å²) in [6.07, 6.45) is 0.584. The van der Waals surface area contributed by atoms with Crippen molar-refractivity contribution in [1.82, 2.24) is 10.2 Å². The zero-order valence-electron chi connectivity index (χ0n) is 12.8. The molecule has 1 aliphatic heterocycles. The maximum absolute atomic E-state index is 12.0. The van der Waals surface area contributed by atoms with Crippen LogP contribution in [-0.4, -0.2) is 52.3 Å². The number of carbonyl (C=O) groups excluding carboxylic acids is 1. The molecule has 6 heteroatoms. The highest BCUT2D eigenvalue weighted by atomic mass is 16.4. The van der Waals surface area contributed by atoms with E-state index in [1.54, 1.807) is 4.90 Å². The van der Waals surface area contributed by atoms with Crippen molar-refractivity contribution in [2.75, 3.05) is 19.6 Å². The van der Waals surface area contributed by atoms with Crippen LogP contribution in [0.15, 0.2) is 0 Å². The second-order valence-corrected chi connectivity index (χ2v) is 7.02. The number of nitrogens with one attached hydrogen (secondary N) is 1. The molecule has 0 spiro atoms. The molecule has 1 heterocycles. The molecule has 1 saturated heterocycles. The number of hydrogen-bond donors (Lipinski definition) is 3. The van der Waals surface area contributed by atoms with Gasteiger partial charge in [-0.15, -0.1) is 0 Å².